The van der Waals surface area contributed by atoms with Crippen molar-refractivity contribution in [1.29, 1.82) is 0 Å². The van der Waals surface area contributed by atoms with Crippen molar-refractivity contribution in [2.45, 2.75) is 18.0 Å². The van der Waals surface area contributed by atoms with Crippen LogP contribution in [0.5, 0.6) is 0 Å². The highest BCUT2D eigenvalue weighted by molar-refractivity contribution is 6.30. The van der Waals surface area contributed by atoms with E-state index in [9.17, 15) is 18.0 Å². The Labute approximate surface area is 223 Å². The van der Waals surface area contributed by atoms with E-state index in [0.717, 1.165) is 28.8 Å². The minimum absolute atomic E-state index is 0.232. The van der Waals surface area contributed by atoms with Crippen LogP contribution in [0.25, 0.3) is 0 Å². The summed E-state index contributed by atoms with van der Waals surface area (Å²) < 4.78 is 38.9. The highest BCUT2D eigenvalue weighted by Gasteiger charge is 2.46. The molecule has 0 spiro atoms. The summed E-state index contributed by atoms with van der Waals surface area (Å²) >= 11 is 6.16. The normalized spacial score (nSPS) is 17.3. The van der Waals surface area contributed by atoms with Crippen molar-refractivity contribution in [2.24, 2.45) is 5.10 Å². The fraction of sp³-hybridized carbons (Fsp3) is 0.133. The molecular formula is C30H23ClF3N3O. The third-order valence-electron chi connectivity index (χ3n) is 6.58. The lowest BCUT2D eigenvalue weighted by Gasteiger charge is -2.32. The molecule has 5 rings (SSSR count). The van der Waals surface area contributed by atoms with Crippen LogP contribution >= 0.6 is 11.6 Å². The molecule has 1 N–H and O–H groups in total. The molecule has 1 atom stereocenters. The average Bonchev–Trinajstić information content (AvgIpc) is 3.30. The van der Waals surface area contributed by atoms with Crippen molar-refractivity contribution >= 4 is 29.0 Å². The highest BCUT2D eigenvalue weighted by atomic mass is 35.5. The van der Waals surface area contributed by atoms with Crippen LogP contribution in [-0.4, -0.2) is 23.3 Å². The number of nitrogens with zero attached hydrogens (tertiary/aromatic N) is 2. The predicted molar refractivity (Wildman–Crippen MR) is 143 cm³/mol. The van der Waals surface area contributed by atoms with Gasteiger partial charge in [0.1, 0.15) is 0 Å². The van der Waals surface area contributed by atoms with Gasteiger partial charge >= 0.3 is 12.2 Å². The molecule has 4 nitrogen and oxygen atoms in total. The van der Waals surface area contributed by atoms with Crippen LogP contribution in [-0.2, 0) is 18.0 Å². The molecule has 0 radical (unpaired) electrons. The summed E-state index contributed by atoms with van der Waals surface area (Å²) in [5.74, 6) is 0. The first-order valence-corrected chi connectivity index (χ1v) is 12.3. The minimum atomic E-state index is -4.46. The Morgan fingerprint density at radius 2 is 1.47 bits per heavy atom. The summed E-state index contributed by atoms with van der Waals surface area (Å²) in [5.41, 5.74) is 2.35. The van der Waals surface area contributed by atoms with Gasteiger partial charge in [0.05, 0.1) is 23.2 Å². The second-order valence-corrected chi connectivity index (χ2v) is 9.57. The number of carbonyl (C=O) groups is 1. The van der Waals surface area contributed by atoms with E-state index in [2.05, 4.69) is 5.32 Å². The zero-order valence-corrected chi connectivity index (χ0v) is 20.9. The summed E-state index contributed by atoms with van der Waals surface area (Å²) in [4.78, 5) is 13.4. The number of hydrogen-bond donors (Lipinski definition) is 1. The first-order valence-electron chi connectivity index (χ1n) is 11.9. The van der Waals surface area contributed by atoms with Crippen LogP contribution in [0.1, 0.15) is 22.3 Å². The quantitative estimate of drug-likeness (QED) is 0.279. The highest BCUT2D eigenvalue weighted by Crippen LogP contribution is 2.39. The third kappa shape index (κ3) is 5.29. The lowest BCUT2D eigenvalue weighted by atomic mass is 9.70. The average molecular weight is 534 g/mol. The van der Waals surface area contributed by atoms with Gasteiger partial charge in [-0.25, -0.2) is 9.80 Å². The molecule has 0 saturated heterocycles. The molecular weight excluding hydrogens is 511 g/mol. The smallest absolute Gasteiger partial charge is 0.306 e. The molecule has 1 aliphatic rings. The van der Waals surface area contributed by atoms with E-state index < -0.39 is 23.2 Å². The number of hydrogen-bond acceptors (Lipinski definition) is 2. The van der Waals surface area contributed by atoms with Crippen LogP contribution in [0, 0.1) is 0 Å². The van der Waals surface area contributed by atoms with Crippen LogP contribution in [0.3, 0.4) is 0 Å². The maximum Gasteiger partial charge on any atom is 0.416 e. The summed E-state index contributed by atoms with van der Waals surface area (Å²) in [5, 5.41) is 9.40. The lowest BCUT2D eigenvalue weighted by molar-refractivity contribution is -0.137. The van der Waals surface area contributed by atoms with Gasteiger partial charge in [-0.15, -0.1) is 0 Å². The Balaban J connectivity index is 1.54. The fourth-order valence-corrected chi connectivity index (χ4v) is 4.87. The summed E-state index contributed by atoms with van der Waals surface area (Å²) in [6.07, 6.45) is -3.88. The lowest BCUT2D eigenvalue weighted by Crippen LogP contribution is -2.43. The van der Waals surface area contributed by atoms with Gasteiger partial charge in [0.15, 0.2) is 0 Å². The van der Waals surface area contributed by atoms with Gasteiger partial charge in [0.2, 0.25) is 0 Å². The first kappa shape index (κ1) is 25.5. The van der Waals surface area contributed by atoms with Gasteiger partial charge in [0, 0.05) is 10.7 Å². The number of hydrazone groups is 1. The molecule has 8 heteroatoms. The molecule has 1 unspecified atom stereocenters. The fourth-order valence-electron chi connectivity index (χ4n) is 4.74. The minimum Gasteiger partial charge on any atom is -0.306 e. The van der Waals surface area contributed by atoms with E-state index in [0.29, 0.717) is 17.2 Å². The zero-order valence-electron chi connectivity index (χ0n) is 20.1. The predicted octanol–water partition coefficient (Wildman–Crippen LogP) is 7.79. The molecule has 1 heterocycles. The van der Waals surface area contributed by atoms with E-state index in [1.165, 1.54) is 17.1 Å². The van der Waals surface area contributed by atoms with E-state index in [-0.39, 0.29) is 12.2 Å². The Hall–Kier alpha value is -4.10. The number of urea groups is 1. The second kappa shape index (κ2) is 10.3. The summed E-state index contributed by atoms with van der Waals surface area (Å²) in [7, 11) is 0. The molecule has 192 valence electrons. The standard InChI is InChI=1S/C30H23ClF3N3O/c31-25-15-11-22(12-16-25)27-29(23-9-5-2-6-10-23,19-21-7-3-1-4-8-21)20-37(36-27)28(38)35-26-17-13-24(14-18-26)30(32,33)34/h1-18H,19-20H2,(H,35,38). The number of benzene rings is 4. The number of rotatable bonds is 5. The van der Waals surface area contributed by atoms with Crippen LogP contribution < -0.4 is 5.32 Å². The molecule has 4 aromatic rings. The van der Waals surface area contributed by atoms with E-state index in [1.807, 2.05) is 72.8 Å². The van der Waals surface area contributed by atoms with E-state index >= 15 is 0 Å². The maximum absolute atomic E-state index is 13.4. The van der Waals surface area contributed by atoms with Crippen molar-refractivity contribution in [3.05, 3.63) is 136 Å². The van der Waals surface area contributed by atoms with Crippen molar-refractivity contribution in [1.82, 2.24) is 5.01 Å². The van der Waals surface area contributed by atoms with Crippen LogP contribution in [0.2, 0.25) is 5.02 Å². The second-order valence-electron chi connectivity index (χ2n) is 9.13. The topological polar surface area (TPSA) is 44.7 Å². The monoisotopic (exact) mass is 533 g/mol. The van der Waals surface area contributed by atoms with Gasteiger partial charge in [-0.1, -0.05) is 84.4 Å². The van der Waals surface area contributed by atoms with Crippen molar-refractivity contribution < 1.29 is 18.0 Å². The molecule has 1 aliphatic heterocycles. The van der Waals surface area contributed by atoms with Crippen molar-refractivity contribution in [3.8, 4) is 0 Å². The number of halogens is 4. The Morgan fingerprint density at radius 1 is 0.868 bits per heavy atom. The molecule has 38 heavy (non-hydrogen) atoms. The third-order valence-corrected chi connectivity index (χ3v) is 6.84. The van der Waals surface area contributed by atoms with Crippen molar-refractivity contribution in [2.75, 3.05) is 11.9 Å². The summed E-state index contributed by atoms with van der Waals surface area (Å²) in [6.45, 7) is 0.232. The van der Waals surface area contributed by atoms with E-state index in [4.69, 9.17) is 16.7 Å². The number of nitrogens with one attached hydrogen (secondary N) is 1. The first-order chi connectivity index (χ1) is 18.2. The molecule has 4 aromatic carbocycles. The molecule has 0 fully saturated rings. The van der Waals surface area contributed by atoms with Gasteiger partial charge in [-0.2, -0.15) is 18.3 Å². The number of alkyl halides is 3. The molecule has 0 aromatic heterocycles. The van der Waals surface area contributed by atoms with Crippen molar-refractivity contribution in [3.63, 3.8) is 0 Å². The SMILES string of the molecule is O=C(Nc1ccc(C(F)(F)F)cc1)N1CC(Cc2ccccc2)(c2ccccc2)C(c2ccc(Cl)cc2)=N1. The maximum atomic E-state index is 13.4. The van der Waals surface area contributed by atoms with E-state index in [1.54, 1.807) is 12.1 Å². The molecule has 0 bridgehead atoms. The molecule has 0 saturated carbocycles. The zero-order chi connectivity index (χ0) is 26.8. The van der Waals surface area contributed by atoms with Gasteiger partial charge in [0.25, 0.3) is 0 Å². The Morgan fingerprint density at radius 3 is 2.08 bits per heavy atom. The Bertz CT molecular complexity index is 1440. The van der Waals surface area contributed by atoms with Crippen LogP contribution in [0.4, 0.5) is 23.7 Å². The summed E-state index contributed by atoms with van der Waals surface area (Å²) in [6, 6.07) is 30.9. The Kier molecular flexibility index (Phi) is 6.95. The number of amides is 2. The number of carbonyl (C=O) groups excluding carboxylic acids is 1. The molecule has 2 amide bonds. The van der Waals surface area contributed by atoms with Gasteiger partial charge in [-0.05, 0) is 59.5 Å². The van der Waals surface area contributed by atoms with Crippen LogP contribution in [0.15, 0.2) is 114 Å². The molecule has 0 aliphatic carbocycles. The number of anilines is 1. The largest absolute Gasteiger partial charge is 0.416 e. The van der Waals surface area contributed by atoms with Gasteiger partial charge in [-0.3, -0.25) is 0 Å². The van der Waals surface area contributed by atoms with Gasteiger partial charge < -0.3 is 5.32 Å².